The number of carbonyl (C=O) groups is 3. The zero-order valence-corrected chi connectivity index (χ0v) is 33.7. The Morgan fingerprint density at radius 3 is 0.800 bits per heavy atom. The Kier molecular flexibility index (Phi) is 38.9. The fourth-order valence-electron chi connectivity index (χ4n) is 6.50. The molecule has 6 nitrogen and oxygen atoms in total. The fraction of sp³-hybridized carbons (Fsp3) is 0.932. The van der Waals surface area contributed by atoms with Crippen molar-refractivity contribution in [3.63, 3.8) is 0 Å². The third-order valence-electron chi connectivity index (χ3n) is 9.86. The van der Waals surface area contributed by atoms with E-state index in [2.05, 4.69) is 20.8 Å². The summed E-state index contributed by atoms with van der Waals surface area (Å²) in [5.74, 6) is -0.861. The van der Waals surface area contributed by atoms with Gasteiger partial charge in [-0.05, 0) is 19.3 Å². The van der Waals surface area contributed by atoms with Crippen molar-refractivity contribution >= 4 is 17.9 Å². The third-order valence-corrected chi connectivity index (χ3v) is 9.86. The summed E-state index contributed by atoms with van der Waals surface area (Å²) < 4.78 is 16.6. The minimum absolute atomic E-state index is 0.0634. The average Bonchev–Trinajstić information content (AvgIpc) is 3.11. The van der Waals surface area contributed by atoms with Crippen LogP contribution >= 0.6 is 0 Å². The van der Waals surface area contributed by atoms with Gasteiger partial charge in [0.05, 0.1) is 0 Å². The number of rotatable bonds is 40. The van der Waals surface area contributed by atoms with Crippen LogP contribution < -0.4 is 0 Å². The first kappa shape index (κ1) is 48.4. The summed E-state index contributed by atoms with van der Waals surface area (Å²) in [5, 5.41) is 0. The van der Waals surface area contributed by atoms with Gasteiger partial charge in [-0.1, -0.05) is 207 Å². The molecule has 0 saturated carbocycles. The van der Waals surface area contributed by atoms with Gasteiger partial charge in [0.25, 0.3) is 0 Å². The average molecular weight is 709 g/mol. The van der Waals surface area contributed by atoms with E-state index in [0.717, 1.165) is 57.8 Å². The van der Waals surface area contributed by atoms with Crippen molar-refractivity contribution < 1.29 is 28.6 Å². The van der Waals surface area contributed by atoms with Crippen molar-refractivity contribution in [1.82, 2.24) is 0 Å². The van der Waals surface area contributed by atoms with E-state index < -0.39 is 6.10 Å². The molecule has 0 aliphatic rings. The molecule has 0 unspecified atom stereocenters. The van der Waals surface area contributed by atoms with E-state index in [0.29, 0.717) is 19.3 Å². The maximum absolute atomic E-state index is 12.6. The molecule has 0 aliphatic carbocycles. The summed E-state index contributed by atoms with van der Waals surface area (Å²) in [6.07, 6.45) is 39.5. The van der Waals surface area contributed by atoms with Crippen LogP contribution in [0.3, 0.4) is 0 Å². The molecule has 296 valence electrons. The van der Waals surface area contributed by atoms with E-state index in [4.69, 9.17) is 14.2 Å². The molecule has 0 N–H and O–H groups in total. The monoisotopic (exact) mass is 709 g/mol. The molecule has 0 amide bonds. The lowest BCUT2D eigenvalue weighted by molar-refractivity contribution is -0.167. The highest BCUT2D eigenvalue weighted by Gasteiger charge is 2.19. The van der Waals surface area contributed by atoms with E-state index in [-0.39, 0.29) is 31.1 Å². The van der Waals surface area contributed by atoms with Crippen molar-refractivity contribution in [2.75, 3.05) is 13.2 Å². The van der Waals surface area contributed by atoms with Gasteiger partial charge in [-0.15, -0.1) is 0 Å². The first-order valence-electron chi connectivity index (χ1n) is 22.0. The van der Waals surface area contributed by atoms with E-state index in [1.807, 2.05) is 0 Å². The summed E-state index contributed by atoms with van der Waals surface area (Å²) in [7, 11) is 0. The molecule has 0 spiro atoms. The van der Waals surface area contributed by atoms with Crippen LogP contribution in [0, 0.1) is 0 Å². The first-order chi connectivity index (χ1) is 24.5. The topological polar surface area (TPSA) is 78.9 Å². The molecule has 0 aromatic carbocycles. The lowest BCUT2D eigenvalue weighted by atomic mass is 10.0. The Balaban J connectivity index is 4.26. The zero-order chi connectivity index (χ0) is 36.6. The van der Waals surface area contributed by atoms with E-state index in [9.17, 15) is 14.4 Å². The molecule has 50 heavy (non-hydrogen) atoms. The van der Waals surface area contributed by atoms with Crippen LogP contribution in [-0.2, 0) is 28.6 Å². The SMILES string of the molecule is CCCCCCCCCCCCCCCCC(=O)OC[C@@H](COC(=O)CCCCCCCCC)OC(=O)CCCCCCCCCCCCC. The summed E-state index contributed by atoms with van der Waals surface area (Å²) in [6, 6.07) is 0. The van der Waals surface area contributed by atoms with Crippen molar-refractivity contribution in [2.45, 2.75) is 252 Å². The van der Waals surface area contributed by atoms with Gasteiger partial charge in [0.1, 0.15) is 13.2 Å². The van der Waals surface area contributed by atoms with E-state index >= 15 is 0 Å². The van der Waals surface area contributed by atoms with Crippen LogP contribution in [-0.4, -0.2) is 37.2 Å². The predicted octanol–water partition coefficient (Wildman–Crippen LogP) is 13.7. The molecule has 6 heteroatoms. The lowest BCUT2D eigenvalue weighted by Gasteiger charge is -2.18. The van der Waals surface area contributed by atoms with Crippen molar-refractivity contribution in [1.29, 1.82) is 0 Å². The van der Waals surface area contributed by atoms with Crippen molar-refractivity contribution in [3.05, 3.63) is 0 Å². The number of ether oxygens (including phenoxy) is 3. The molecule has 0 radical (unpaired) electrons. The Labute approximate surface area is 310 Å². The molecule has 1 atom stereocenters. The van der Waals surface area contributed by atoms with Gasteiger partial charge in [-0.2, -0.15) is 0 Å². The summed E-state index contributed by atoms with van der Waals surface area (Å²) in [4.78, 5) is 37.5. The second-order valence-electron chi connectivity index (χ2n) is 15.0. The Morgan fingerprint density at radius 2 is 0.540 bits per heavy atom. The summed E-state index contributed by atoms with van der Waals surface area (Å²) in [5.41, 5.74) is 0. The van der Waals surface area contributed by atoms with Crippen LogP contribution in [0.2, 0.25) is 0 Å². The van der Waals surface area contributed by atoms with Gasteiger partial charge >= 0.3 is 17.9 Å². The van der Waals surface area contributed by atoms with Gasteiger partial charge in [0.15, 0.2) is 6.10 Å². The molecule has 0 aromatic rings. The van der Waals surface area contributed by atoms with Gasteiger partial charge < -0.3 is 14.2 Å². The van der Waals surface area contributed by atoms with Crippen LogP contribution in [0.25, 0.3) is 0 Å². The molecular formula is C44H84O6. The summed E-state index contributed by atoms with van der Waals surface area (Å²) >= 11 is 0. The maximum atomic E-state index is 12.6. The number of hydrogen-bond acceptors (Lipinski definition) is 6. The minimum atomic E-state index is -0.756. The number of hydrogen-bond donors (Lipinski definition) is 0. The largest absolute Gasteiger partial charge is 0.462 e. The molecule has 0 bridgehead atoms. The Morgan fingerprint density at radius 1 is 0.320 bits per heavy atom. The maximum Gasteiger partial charge on any atom is 0.306 e. The van der Waals surface area contributed by atoms with Gasteiger partial charge in [0.2, 0.25) is 0 Å². The Bertz CT molecular complexity index is 738. The molecule has 0 rings (SSSR count). The predicted molar refractivity (Wildman–Crippen MR) is 210 cm³/mol. The molecular weight excluding hydrogens is 624 g/mol. The highest BCUT2D eigenvalue weighted by atomic mass is 16.6. The van der Waals surface area contributed by atoms with Gasteiger partial charge in [0, 0.05) is 19.3 Å². The van der Waals surface area contributed by atoms with Crippen LogP contribution in [0.15, 0.2) is 0 Å². The number of esters is 3. The van der Waals surface area contributed by atoms with Gasteiger partial charge in [-0.3, -0.25) is 14.4 Å². The highest BCUT2D eigenvalue weighted by molar-refractivity contribution is 5.71. The van der Waals surface area contributed by atoms with E-state index in [1.165, 1.54) is 148 Å². The van der Waals surface area contributed by atoms with Crippen LogP contribution in [0.4, 0.5) is 0 Å². The number of carbonyl (C=O) groups excluding carboxylic acids is 3. The number of unbranched alkanes of at least 4 members (excludes halogenated alkanes) is 29. The van der Waals surface area contributed by atoms with Crippen molar-refractivity contribution in [2.24, 2.45) is 0 Å². The molecule has 0 aromatic heterocycles. The second kappa shape index (κ2) is 40.2. The molecule has 0 saturated heterocycles. The molecule has 0 heterocycles. The lowest BCUT2D eigenvalue weighted by Crippen LogP contribution is -2.30. The minimum Gasteiger partial charge on any atom is -0.462 e. The standard InChI is InChI=1S/C44H84O6/c1-4-7-10-13-16-18-20-21-22-24-25-28-31-34-37-43(46)49-40-41(39-48-42(45)36-33-30-27-15-12-9-6-3)50-44(47)38-35-32-29-26-23-19-17-14-11-8-5-2/h41H,4-40H2,1-3H3/t41-/m1/s1. The summed E-state index contributed by atoms with van der Waals surface area (Å²) in [6.45, 7) is 6.60. The van der Waals surface area contributed by atoms with Crippen LogP contribution in [0.5, 0.6) is 0 Å². The van der Waals surface area contributed by atoms with E-state index in [1.54, 1.807) is 0 Å². The highest BCUT2D eigenvalue weighted by Crippen LogP contribution is 2.15. The normalized spacial score (nSPS) is 11.8. The Hall–Kier alpha value is -1.59. The van der Waals surface area contributed by atoms with Gasteiger partial charge in [-0.25, -0.2) is 0 Å². The third kappa shape index (κ3) is 37.7. The van der Waals surface area contributed by atoms with Crippen molar-refractivity contribution in [3.8, 4) is 0 Å². The molecule has 0 aliphatic heterocycles. The zero-order valence-electron chi connectivity index (χ0n) is 33.7. The second-order valence-corrected chi connectivity index (χ2v) is 15.0. The first-order valence-corrected chi connectivity index (χ1v) is 22.0. The van der Waals surface area contributed by atoms with Crippen LogP contribution in [0.1, 0.15) is 245 Å². The fourth-order valence-corrected chi connectivity index (χ4v) is 6.50. The molecule has 0 fully saturated rings. The smallest absolute Gasteiger partial charge is 0.306 e. The quantitative estimate of drug-likeness (QED) is 0.0358.